The van der Waals surface area contributed by atoms with Crippen LogP contribution in [0, 0.1) is 13.8 Å². The van der Waals surface area contributed by atoms with Crippen LogP contribution in [0.2, 0.25) is 0 Å². The number of para-hydroxylation sites is 2. The van der Waals surface area contributed by atoms with E-state index in [-0.39, 0.29) is 0 Å². The minimum Gasteiger partial charge on any atom is -0.456 e. The van der Waals surface area contributed by atoms with E-state index in [0.717, 1.165) is 56.4 Å². The largest absolute Gasteiger partial charge is 0.456 e. The lowest BCUT2D eigenvalue weighted by atomic mass is 10.0. The zero-order valence-corrected chi connectivity index (χ0v) is 35.6. The van der Waals surface area contributed by atoms with Crippen molar-refractivity contribution < 1.29 is 4.42 Å². The molecule has 304 valence electrons. The van der Waals surface area contributed by atoms with Gasteiger partial charge in [0.05, 0.1) is 0 Å². The maximum Gasteiger partial charge on any atom is 0.135 e. The molecule has 9 aromatic rings. The first-order valence-corrected chi connectivity index (χ1v) is 21.4. The Morgan fingerprint density at radius 2 is 0.746 bits per heavy atom. The molecular weight excluding hydrogens is 765 g/mol. The normalized spacial score (nSPS) is 11.7. The molecule has 3 nitrogen and oxygen atoms in total. The number of furan rings is 1. The standard InChI is InChI=1S/C60H48N2O/c1-45-41-56(37-31-49(45)25-17-15-23-47-19-7-3-8-20-47)61(53-27-11-5-12-28-53)55-35-33-51(34-36-55)60-44-52-43-58(39-40-59(52)63-60)62(54-29-13-6-14-30-54)57-38-32-50(46(2)42-57)26-18-16-24-48-21-9-4-10-22-48/h3-44H,1-2H3/b23-15+,24-16+,25-17+,26-18+. The van der Waals surface area contributed by atoms with Gasteiger partial charge in [-0.15, -0.1) is 0 Å². The highest BCUT2D eigenvalue weighted by Crippen LogP contribution is 2.40. The van der Waals surface area contributed by atoms with Crippen molar-refractivity contribution in [2.24, 2.45) is 0 Å². The summed E-state index contributed by atoms with van der Waals surface area (Å²) in [6.07, 6.45) is 17.0. The van der Waals surface area contributed by atoms with Crippen LogP contribution in [0.1, 0.15) is 33.4 Å². The van der Waals surface area contributed by atoms with Crippen LogP contribution in [0.15, 0.2) is 235 Å². The van der Waals surface area contributed by atoms with E-state index in [1.54, 1.807) is 0 Å². The Bertz CT molecular complexity index is 3050. The highest BCUT2D eigenvalue weighted by molar-refractivity contribution is 5.90. The number of rotatable bonds is 13. The van der Waals surface area contributed by atoms with E-state index < -0.39 is 0 Å². The van der Waals surface area contributed by atoms with Crippen molar-refractivity contribution in [2.75, 3.05) is 9.80 Å². The maximum absolute atomic E-state index is 6.52. The van der Waals surface area contributed by atoms with E-state index in [1.807, 2.05) is 12.1 Å². The van der Waals surface area contributed by atoms with Crippen LogP contribution in [0.4, 0.5) is 34.1 Å². The second-order valence-corrected chi connectivity index (χ2v) is 15.6. The van der Waals surface area contributed by atoms with Crippen molar-refractivity contribution in [3.05, 3.63) is 264 Å². The number of aryl methyl sites for hydroxylation is 2. The number of hydrogen-bond donors (Lipinski definition) is 0. The molecule has 63 heavy (non-hydrogen) atoms. The van der Waals surface area contributed by atoms with Crippen LogP contribution in [-0.2, 0) is 0 Å². The van der Waals surface area contributed by atoms with Crippen molar-refractivity contribution in [1.82, 2.24) is 0 Å². The van der Waals surface area contributed by atoms with Gasteiger partial charge in [0.15, 0.2) is 0 Å². The number of hydrogen-bond acceptors (Lipinski definition) is 3. The Labute approximate surface area is 371 Å². The van der Waals surface area contributed by atoms with Gasteiger partial charge in [0.25, 0.3) is 0 Å². The average molecular weight is 813 g/mol. The fourth-order valence-electron chi connectivity index (χ4n) is 7.89. The number of benzene rings is 8. The molecule has 0 amide bonds. The molecule has 0 saturated carbocycles. The molecule has 0 aliphatic heterocycles. The molecular formula is C60H48N2O. The van der Waals surface area contributed by atoms with Gasteiger partial charge in [-0.3, -0.25) is 0 Å². The Kier molecular flexibility index (Phi) is 12.2. The summed E-state index contributed by atoms with van der Waals surface area (Å²) in [4.78, 5) is 4.61. The average Bonchev–Trinajstić information content (AvgIpc) is 3.76. The monoisotopic (exact) mass is 812 g/mol. The van der Waals surface area contributed by atoms with Crippen LogP contribution < -0.4 is 9.80 Å². The summed E-state index contributed by atoms with van der Waals surface area (Å²) < 4.78 is 6.52. The molecule has 0 spiro atoms. The highest BCUT2D eigenvalue weighted by Gasteiger charge is 2.17. The van der Waals surface area contributed by atoms with Crippen LogP contribution in [-0.4, -0.2) is 0 Å². The van der Waals surface area contributed by atoms with Gasteiger partial charge in [-0.1, -0.05) is 158 Å². The lowest BCUT2D eigenvalue weighted by molar-refractivity contribution is 0.631. The molecule has 0 aliphatic rings. The van der Waals surface area contributed by atoms with Crippen molar-refractivity contribution in [3.63, 3.8) is 0 Å². The van der Waals surface area contributed by atoms with E-state index in [0.29, 0.717) is 0 Å². The number of anilines is 6. The van der Waals surface area contributed by atoms with Gasteiger partial charge in [-0.25, -0.2) is 0 Å². The van der Waals surface area contributed by atoms with Gasteiger partial charge >= 0.3 is 0 Å². The van der Waals surface area contributed by atoms with Crippen molar-refractivity contribution in [2.45, 2.75) is 13.8 Å². The molecule has 3 heteroatoms. The molecule has 0 fully saturated rings. The molecule has 9 rings (SSSR count). The fourth-order valence-corrected chi connectivity index (χ4v) is 7.89. The van der Waals surface area contributed by atoms with E-state index >= 15 is 0 Å². The Morgan fingerprint density at radius 1 is 0.349 bits per heavy atom. The second-order valence-electron chi connectivity index (χ2n) is 15.6. The first-order chi connectivity index (χ1) is 31.1. The lowest BCUT2D eigenvalue weighted by Gasteiger charge is -2.26. The fraction of sp³-hybridized carbons (Fsp3) is 0.0333. The van der Waals surface area contributed by atoms with Crippen LogP contribution >= 0.6 is 0 Å². The van der Waals surface area contributed by atoms with Gasteiger partial charge in [0, 0.05) is 45.1 Å². The van der Waals surface area contributed by atoms with Gasteiger partial charge in [0.2, 0.25) is 0 Å². The molecule has 1 aromatic heterocycles. The summed E-state index contributed by atoms with van der Waals surface area (Å²) >= 11 is 0. The van der Waals surface area contributed by atoms with E-state index in [1.165, 1.54) is 33.4 Å². The van der Waals surface area contributed by atoms with Crippen LogP contribution in [0.25, 0.3) is 46.6 Å². The summed E-state index contributed by atoms with van der Waals surface area (Å²) in [7, 11) is 0. The molecule has 0 atom stereocenters. The van der Waals surface area contributed by atoms with Gasteiger partial charge in [-0.2, -0.15) is 0 Å². The number of fused-ring (bicyclic) bond motifs is 1. The van der Waals surface area contributed by atoms with Crippen molar-refractivity contribution >= 4 is 69.4 Å². The Balaban J connectivity index is 0.968. The van der Waals surface area contributed by atoms with Gasteiger partial charge in [-0.05, 0) is 144 Å². The van der Waals surface area contributed by atoms with Crippen LogP contribution in [0.5, 0.6) is 0 Å². The Morgan fingerprint density at radius 3 is 1.24 bits per heavy atom. The smallest absolute Gasteiger partial charge is 0.135 e. The van der Waals surface area contributed by atoms with Gasteiger partial charge < -0.3 is 14.2 Å². The predicted molar refractivity (Wildman–Crippen MR) is 270 cm³/mol. The summed E-state index contributed by atoms with van der Waals surface area (Å²) in [5, 5.41) is 1.04. The molecule has 0 N–H and O–H groups in total. The maximum atomic E-state index is 6.52. The summed E-state index contributed by atoms with van der Waals surface area (Å²) in [6, 6.07) is 72.4. The number of nitrogens with zero attached hydrogens (tertiary/aromatic N) is 2. The predicted octanol–water partition coefficient (Wildman–Crippen LogP) is 17.1. The second kappa shape index (κ2) is 19.1. The highest BCUT2D eigenvalue weighted by atomic mass is 16.3. The molecule has 1 heterocycles. The minimum atomic E-state index is 0.827. The third-order valence-electron chi connectivity index (χ3n) is 11.2. The molecule has 0 unspecified atom stereocenters. The molecule has 8 aromatic carbocycles. The Hall–Kier alpha value is -8.14. The van der Waals surface area contributed by atoms with Gasteiger partial charge in [0.1, 0.15) is 11.3 Å². The topological polar surface area (TPSA) is 19.6 Å². The summed E-state index contributed by atoms with van der Waals surface area (Å²) in [6.45, 7) is 4.34. The SMILES string of the molecule is Cc1cc(N(c2ccccc2)c2ccc(-c3cc4cc(N(c5ccccc5)c5ccc(/C=C/C=C/c6ccccc6)c(C)c5)ccc4o3)cc2)ccc1/C=C/C=C/c1ccccc1. The zero-order valence-electron chi connectivity index (χ0n) is 35.6. The minimum absolute atomic E-state index is 0.827. The third-order valence-corrected chi connectivity index (χ3v) is 11.2. The molecule has 0 saturated heterocycles. The molecule has 0 bridgehead atoms. The first kappa shape index (κ1) is 40.3. The summed E-state index contributed by atoms with van der Waals surface area (Å²) in [5.74, 6) is 0.827. The van der Waals surface area contributed by atoms with E-state index in [2.05, 4.69) is 266 Å². The van der Waals surface area contributed by atoms with E-state index in [9.17, 15) is 0 Å². The van der Waals surface area contributed by atoms with E-state index in [4.69, 9.17) is 4.42 Å². The number of allylic oxidation sites excluding steroid dienone is 4. The van der Waals surface area contributed by atoms with Crippen molar-refractivity contribution in [3.8, 4) is 11.3 Å². The first-order valence-electron chi connectivity index (χ1n) is 21.4. The van der Waals surface area contributed by atoms with Crippen molar-refractivity contribution in [1.29, 1.82) is 0 Å². The zero-order chi connectivity index (χ0) is 42.8. The molecule has 0 aliphatic carbocycles. The lowest BCUT2D eigenvalue weighted by Crippen LogP contribution is -2.10. The quantitative estimate of drug-likeness (QED) is 0.108. The summed E-state index contributed by atoms with van der Waals surface area (Å²) in [5.41, 5.74) is 15.5. The molecule has 0 radical (unpaired) electrons. The third kappa shape index (κ3) is 9.60. The van der Waals surface area contributed by atoms with Crippen LogP contribution in [0.3, 0.4) is 0 Å².